The summed E-state index contributed by atoms with van der Waals surface area (Å²) in [5.41, 5.74) is 1.75. The molecule has 0 unspecified atom stereocenters. The highest BCUT2D eigenvalue weighted by atomic mass is 35.5. The van der Waals surface area contributed by atoms with Gasteiger partial charge >= 0.3 is 0 Å². The molecule has 132 valence electrons. The van der Waals surface area contributed by atoms with Crippen LogP contribution in [0.2, 0.25) is 5.15 Å². The van der Waals surface area contributed by atoms with Crippen molar-refractivity contribution in [1.82, 2.24) is 9.55 Å². The molecule has 0 aliphatic rings. The highest BCUT2D eigenvalue weighted by Gasteiger charge is 2.24. The lowest BCUT2D eigenvalue weighted by atomic mass is 10.1. The number of rotatable bonds is 4. The summed E-state index contributed by atoms with van der Waals surface area (Å²) >= 11 is 6.30. The van der Waals surface area contributed by atoms with Gasteiger partial charge in [0.05, 0.1) is 17.9 Å². The summed E-state index contributed by atoms with van der Waals surface area (Å²) in [6.07, 6.45) is 5.39. The summed E-state index contributed by atoms with van der Waals surface area (Å²) in [5, 5.41) is 0.0926. The molecule has 6 heteroatoms. The van der Waals surface area contributed by atoms with Gasteiger partial charge in [0.25, 0.3) is 0 Å². The predicted octanol–water partition coefficient (Wildman–Crippen LogP) is 5.16. The van der Waals surface area contributed by atoms with Crippen LogP contribution in [0, 0.1) is 30.9 Å². The number of ether oxygens (including phenoxy) is 1. The van der Waals surface area contributed by atoms with Crippen molar-refractivity contribution >= 4 is 11.6 Å². The van der Waals surface area contributed by atoms with Gasteiger partial charge in [-0.25, -0.2) is 13.8 Å². The molecule has 0 aliphatic heterocycles. The van der Waals surface area contributed by atoms with Crippen molar-refractivity contribution < 1.29 is 13.5 Å². The zero-order chi connectivity index (χ0) is 18.8. The quantitative estimate of drug-likeness (QED) is 0.591. The van der Waals surface area contributed by atoms with E-state index in [2.05, 4.69) is 10.9 Å². The summed E-state index contributed by atoms with van der Waals surface area (Å²) in [6, 6.07) is 9.01. The molecule has 0 N–H and O–H groups in total. The molecule has 0 saturated heterocycles. The Morgan fingerprint density at radius 1 is 1.23 bits per heavy atom. The van der Waals surface area contributed by atoms with E-state index in [9.17, 15) is 8.78 Å². The normalized spacial score (nSPS) is 10.6. The van der Waals surface area contributed by atoms with Crippen LogP contribution in [0.1, 0.15) is 18.3 Å². The second-order valence-electron chi connectivity index (χ2n) is 5.52. The minimum Gasteiger partial charge on any atom is -0.493 e. The van der Waals surface area contributed by atoms with Crippen LogP contribution in [-0.4, -0.2) is 16.2 Å². The number of hydrogen-bond acceptors (Lipinski definition) is 2. The zero-order valence-corrected chi connectivity index (χ0v) is 14.9. The molecule has 3 nitrogen and oxygen atoms in total. The summed E-state index contributed by atoms with van der Waals surface area (Å²) in [7, 11) is 0. The van der Waals surface area contributed by atoms with E-state index in [1.807, 2.05) is 0 Å². The molecule has 1 heterocycles. The van der Waals surface area contributed by atoms with Crippen molar-refractivity contribution in [3.05, 3.63) is 64.6 Å². The van der Waals surface area contributed by atoms with E-state index in [0.29, 0.717) is 22.8 Å². The molecular formula is C20H15ClF2N2O. The van der Waals surface area contributed by atoms with Gasteiger partial charge in [-0.05, 0) is 38.1 Å². The first kappa shape index (κ1) is 18.0. The number of terminal acetylenes is 1. The molecule has 3 rings (SSSR count). The molecule has 0 amide bonds. The Balaban J connectivity index is 2.29. The lowest BCUT2D eigenvalue weighted by Gasteiger charge is -2.15. The third kappa shape index (κ3) is 3.16. The molecule has 0 bridgehead atoms. The minimum absolute atomic E-state index is 0.0554. The lowest BCUT2D eigenvalue weighted by molar-refractivity contribution is 0.337. The van der Waals surface area contributed by atoms with Gasteiger partial charge < -0.3 is 4.74 Å². The van der Waals surface area contributed by atoms with E-state index in [1.54, 1.807) is 42.7 Å². The van der Waals surface area contributed by atoms with Crippen LogP contribution in [0.4, 0.5) is 8.78 Å². The van der Waals surface area contributed by atoms with Crippen molar-refractivity contribution in [2.75, 3.05) is 6.61 Å². The maximum atomic E-state index is 14.7. The number of halogens is 3. The predicted molar refractivity (Wildman–Crippen MR) is 97.8 cm³/mol. The first-order valence-electron chi connectivity index (χ1n) is 7.90. The molecule has 0 spiro atoms. The molecule has 0 atom stereocenters. The maximum Gasteiger partial charge on any atom is 0.156 e. The highest BCUT2D eigenvalue weighted by Crippen LogP contribution is 2.39. The molecule has 1 aromatic heterocycles. The first-order chi connectivity index (χ1) is 12.5. The van der Waals surface area contributed by atoms with Crippen LogP contribution in [0.5, 0.6) is 5.75 Å². The topological polar surface area (TPSA) is 27.1 Å². The minimum atomic E-state index is -0.781. The van der Waals surface area contributed by atoms with Gasteiger partial charge in [-0.2, -0.15) is 0 Å². The van der Waals surface area contributed by atoms with E-state index in [4.69, 9.17) is 22.8 Å². The fraction of sp³-hybridized carbons (Fsp3) is 0.150. The van der Waals surface area contributed by atoms with E-state index >= 15 is 0 Å². The van der Waals surface area contributed by atoms with Crippen LogP contribution in [0.25, 0.3) is 16.9 Å². The van der Waals surface area contributed by atoms with Crippen LogP contribution in [0.15, 0.2) is 36.4 Å². The van der Waals surface area contributed by atoms with Crippen molar-refractivity contribution in [2.45, 2.75) is 13.8 Å². The van der Waals surface area contributed by atoms with Crippen LogP contribution < -0.4 is 4.74 Å². The number of imidazole rings is 1. The zero-order valence-electron chi connectivity index (χ0n) is 14.2. The lowest BCUT2D eigenvalue weighted by Crippen LogP contribution is -2.04. The van der Waals surface area contributed by atoms with Crippen LogP contribution in [0.3, 0.4) is 0 Å². The van der Waals surface area contributed by atoms with Gasteiger partial charge in [-0.15, -0.1) is 6.42 Å². The molecule has 0 aliphatic carbocycles. The van der Waals surface area contributed by atoms with Crippen LogP contribution in [-0.2, 0) is 0 Å². The van der Waals surface area contributed by atoms with E-state index in [0.717, 1.165) is 12.1 Å². The summed E-state index contributed by atoms with van der Waals surface area (Å²) in [4.78, 5) is 4.24. The van der Waals surface area contributed by atoms with Gasteiger partial charge in [0.1, 0.15) is 23.2 Å². The summed E-state index contributed by atoms with van der Waals surface area (Å²) < 4.78 is 35.5. The first-order valence-corrected chi connectivity index (χ1v) is 8.28. The number of benzene rings is 2. The Kier molecular flexibility index (Phi) is 4.97. The highest BCUT2D eigenvalue weighted by molar-refractivity contribution is 6.32. The average molecular weight is 373 g/mol. The second kappa shape index (κ2) is 7.19. The Labute approximate surface area is 155 Å². The fourth-order valence-corrected chi connectivity index (χ4v) is 3.09. The average Bonchev–Trinajstić information content (AvgIpc) is 2.89. The van der Waals surface area contributed by atoms with Crippen molar-refractivity contribution in [2.24, 2.45) is 0 Å². The van der Waals surface area contributed by atoms with Gasteiger partial charge in [0.15, 0.2) is 5.15 Å². The largest absolute Gasteiger partial charge is 0.493 e. The summed E-state index contributed by atoms with van der Waals surface area (Å²) in [5.74, 6) is 1.64. The van der Waals surface area contributed by atoms with Gasteiger partial charge in [0.2, 0.25) is 0 Å². The van der Waals surface area contributed by atoms with E-state index < -0.39 is 11.6 Å². The number of aryl methyl sites for hydroxylation is 1. The Morgan fingerprint density at radius 2 is 1.92 bits per heavy atom. The van der Waals surface area contributed by atoms with Crippen molar-refractivity contribution in [3.63, 3.8) is 0 Å². The fourth-order valence-electron chi connectivity index (χ4n) is 2.79. The van der Waals surface area contributed by atoms with Gasteiger partial charge in [-0.1, -0.05) is 17.5 Å². The van der Waals surface area contributed by atoms with Crippen LogP contribution >= 0.6 is 11.6 Å². The SMILES string of the molecule is C#Cc1ccc(-n2c(C)nc(Cl)c2-c2c(F)cc(F)cc2OCC)cc1. The van der Waals surface area contributed by atoms with E-state index in [1.165, 1.54) is 0 Å². The van der Waals surface area contributed by atoms with Crippen molar-refractivity contribution in [3.8, 4) is 35.0 Å². The number of aromatic nitrogens is 2. The van der Waals surface area contributed by atoms with Gasteiger partial charge in [0, 0.05) is 23.4 Å². The summed E-state index contributed by atoms with van der Waals surface area (Å²) in [6.45, 7) is 3.72. The molecule has 0 saturated carbocycles. The number of nitrogens with zero attached hydrogens (tertiary/aromatic N) is 2. The molecule has 0 fully saturated rings. The number of hydrogen-bond donors (Lipinski definition) is 0. The van der Waals surface area contributed by atoms with Gasteiger partial charge in [-0.3, -0.25) is 4.57 Å². The molecule has 26 heavy (non-hydrogen) atoms. The monoisotopic (exact) mass is 372 g/mol. The molecular weight excluding hydrogens is 358 g/mol. The second-order valence-corrected chi connectivity index (χ2v) is 5.88. The third-order valence-corrected chi connectivity index (χ3v) is 4.11. The molecule has 2 aromatic carbocycles. The Morgan fingerprint density at radius 3 is 2.54 bits per heavy atom. The van der Waals surface area contributed by atoms with E-state index in [-0.39, 0.29) is 23.1 Å². The maximum absolute atomic E-state index is 14.7. The standard InChI is InChI=1S/C20H15ClF2N2O/c1-4-13-6-8-15(9-7-13)25-12(3)24-20(21)19(25)18-16(23)10-14(22)11-17(18)26-5-2/h1,6-11H,5H2,2-3H3. The Bertz CT molecular complexity index is 1000. The van der Waals surface area contributed by atoms with Crippen molar-refractivity contribution in [1.29, 1.82) is 0 Å². The smallest absolute Gasteiger partial charge is 0.156 e. The molecule has 3 aromatic rings. The Hall–Kier alpha value is -2.84. The third-order valence-electron chi connectivity index (χ3n) is 3.85. The molecule has 0 radical (unpaired) electrons.